The van der Waals surface area contributed by atoms with Gasteiger partial charge in [-0.2, -0.15) is 0 Å². The van der Waals surface area contributed by atoms with Crippen molar-refractivity contribution in [3.63, 3.8) is 0 Å². The number of carbonyl (C=O) groups is 2. The van der Waals surface area contributed by atoms with Crippen LogP contribution >= 0.6 is 0 Å². The molecule has 38 heavy (non-hydrogen) atoms. The number of anilines is 3. The lowest BCUT2D eigenvalue weighted by molar-refractivity contribution is -0.132. The first-order valence-electron chi connectivity index (χ1n) is 13.5. The summed E-state index contributed by atoms with van der Waals surface area (Å²) in [5.74, 6) is 2.32. The van der Waals surface area contributed by atoms with Crippen LogP contribution in [0.1, 0.15) is 38.5 Å². The van der Waals surface area contributed by atoms with Crippen LogP contribution in [0.5, 0.6) is 11.5 Å². The summed E-state index contributed by atoms with van der Waals surface area (Å²) in [5.41, 5.74) is 2.49. The Hall–Kier alpha value is -4.00. The van der Waals surface area contributed by atoms with Gasteiger partial charge in [0.15, 0.2) is 0 Å². The largest absolute Gasteiger partial charge is 0.457 e. The number of likely N-dealkylation sites (N-methyl/N-ethyl adjacent to an activating group) is 1. The summed E-state index contributed by atoms with van der Waals surface area (Å²) in [6.07, 6.45) is 6.60. The maximum Gasteiger partial charge on any atom is 0.323 e. The maximum atomic E-state index is 12.8. The number of rotatable bonds is 8. The van der Waals surface area contributed by atoms with Crippen molar-refractivity contribution in [2.75, 3.05) is 35.7 Å². The second-order valence-corrected chi connectivity index (χ2v) is 10.3. The summed E-state index contributed by atoms with van der Waals surface area (Å²) in [6, 6.07) is 24.6. The molecule has 1 heterocycles. The fraction of sp³-hybridized carbons (Fsp3) is 0.355. The Labute approximate surface area is 224 Å². The number of ether oxygens (including phenoxy) is 1. The molecule has 7 heteroatoms. The van der Waals surface area contributed by atoms with Crippen LogP contribution in [0.3, 0.4) is 0 Å². The Morgan fingerprint density at radius 1 is 0.842 bits per heavy atom. The first-order valence-corrected chi connectivity index (χ1v) is 13.5. The third kappa shape index (κ3) is 6.65. The maximum absolute atomic E-state index is 12.8. The van der Waals surface area contributed by atoms with E-state index in [0.29, 0.717) is 23.8 Å². The van der Waals surface area contributed by atoms with E-state index in [9.17, 15) is 9.59 Å². The number of para-hydroxylation sites is 1. The molecule has 1 aliphatic carbocycles. The molecule has 1 saturated carbocycles. The van der Waals surface area contributed by atoms with Crippen LogP contribution < -0.4 is 20.3 Å². The van der Waals surface area contributed by atoms with Gasteiger partial charge in [0.05, 0.1) is 6.04 Å². The highest BCUT2D eigenvalue weighted by Crippen LogP contribution is 2.30. The molecular weight excluding hydrogens is 476 g/mol. The van der Waals surface area contributed by atoms with Crippen molar-refractivity contribution >= 4 is 29.0 Å². The number of nitrogens with zero attached hydrogens (tertiary/aromatic N) is 2. The summed E-state index contributed by atoms with van der Waals surface area (Å²) < 4.78 is 5.79. The van der Waals surface area contributed by atoms with Crippen LogP contribution in [-0.4, -0.2) is 43.0 Å². The topological polar surface area (TPSA) is 73.9 Å². The third-order valence-corrected chi connectivity index (χ3v) is 7.62. The number of nitrogens with one attached hydrogen (secondary N) is 2. The van der Waals surface area contributed by atoms with E-state index in [-0.39, 0.29) is 18.0 Å². The number of benzene rings is 3. The van der Waals surface area contributed by atoms with E-state index in [2.05, 4.69) is 15.5 Å². The van der Waals surface area contributed by atoms with Crippen molar-refractivity contribution < 1.29 is 14.3 Å². The van der Waals surface area contributed by atoms with Crippen LogP contribution in [0, 0.1) is 5.92 Å². The Balaban J connectivity index is 1.08. The number of amides is 3. The van der Waals surface area contributed by atoms with Crippen molar-refractivity contribution in [2.24, 2.45) is 5.92 Å². The van der Waals surface area contributed by atoms with E-state index < -0.39 is 0 Å². The van der Waals surface area contributed by atoms with Gasteiger partial charge in [-0.05, 0) is 85.8 Å². The Morgan fingerprint density at radius 3 is 2.11 bits per heavy atom. The van der Waals surface area contributed by atoms with Gasteiger partial charge in [0.2, 0.25) is 5.91 Å². The van der Waals surface area contributed by atoms with Crippen molar-refractivity contribution in [3.05, 3.63) is 78.9 Å². The first kappa shape index (κ1) is 25.6. The predicted octanol–water partition coefficient (Wildman–Crippen LogP) is 6.74. The monoisotopic (exact) mass is 512 g/mol. The summed E-state index contributed by atoms with van der Waals surface area (Å²) in [6.45, 7) is 1.76. The summed E-state index contributed by atoms with van der Waals surface area (Å²) in [7, 11) is 1.96. The third-order valence-electron chi connectivity index (χ3n) is 7.62. The Kier molecular flexibility index (Phi) is 8.12. The van der Waals surface area contributed by atoms with Crippen LogP contribution in [0.4, 0.5) is 21.9 Å². The smallest absolute Gasteiger partial charge is 0.323 e. The van der Waals surface area contributed by atoms with Crippen molar-refractivity contribution in [1.82, 2.24) is 4.90 Å². The number of carbonyl (C=O) groups excluding carboxylic acids is 2. The van der Waals surface area contributed by atoms with Gasteiger partial charge in [-0.15, -0.1) is 0 Å². The van der Waals surface area contributed by atoms with Gasteiger partial charge in [-0.1, -0.05) is 31.0 Å². The van der Waals surface area contributed by atoms with Gasteiger partial charge in [0, 0.05) is 43.6 Å². The summed E-state index contributed by atoms with van der Waals surface area (Å²) in [5, 5.41) is 5.74. The molecule has 3 aromatic rings. The zero-order valence-corrected chi connectivity index (χ0v) is 21.9. The molecule has 0 bridgehead atoms. The van der Waals surface area contributed by atoms with E-state index in [4.69, 9.17) is 4.74 Å². The zero-order valence-electron chi connectivity index (χ0n) is 21.9. The zero-order chi connectivity index (χ0) is 26.3. The van der Waals surface area contributed by atoms with E-state index in [0.717, 1.165) is 36.6 Å². The molecule has 0 aromatic heterocycles. The minimum Gasteiger partial charge on any atom is -0.457 e. The standard InChI is InChI=1S/C31H36N4O3/c1-34(30(36)21-23-7-5-6-8-23)27-19-20-35(22-27)26-15-11-24(12-16-26)32-31(37)33-25-13-17-29(18-14-25)38-28-9-3-2-4-10-28/h2-4,9-18,23,27H,5-8,19-22H2,1H3,(H2,32,33,37). The van der Waals surface area contributed by atoms with Gasteiger partial charge in [0.1, 0.15) is 11.5 Å². The van der Waals surface area contributed by atoms with Gasteiger partial charge in [0.25, 0.3) is 0 Å². The van der Waals surface area contributed by atoms with Crippen LogP contribution in [-0.2, 0) is 4.79 Å². The van der Waals surface area contributed by atoms with Crippen molar-refractivity contribution in [3.8, 4) is 11.5 Å². The van der Waals surface area contributed by atoms with Gasteiger partial charge < -0.3 is 25.2 Å². The average Bonchev–Trinajstić information content (AvgIpc) is 3.63. The molecule has 7 nitrogen and oxygen atoms in total. The Morgan fingerprint density at radius 2 is 1.45 bits per heavy atom. The first-order chi connectivity index (χ1) is 18.5. The van der Waals surface area contributed by atoms with E-state index >= 15 is 0 Å². The second-order valence-electron chi connectivity index (χ2n) is 10.3. The summed E-state index contributed by atoms with van der Waals surface area (Å²) >= 11 is 0. The van der Waals surface area contributed by atoms with Gasteiger partial charge in [-0.3, -0.25) is 4.79 Å². The highest BCUT2D eigenvalue weighted by atomic mass is 16.5. The van der Waals surface area contributed by atoms with Crippen LogP contribution in [0.25, 0.3) is 0 Å². The normalized spacial score (nSPS) is 17.3. The van der Waals surface area contributed by atoms with Crippen molar-refractivity contribution in [2.45, 2.75) is 44.6 Å². The molecule has 2 N–H and O–H groups in total. The number of hydrogen-bond acceptors (Lipinski definition) is 4. The highest BCUT2D eigenvalue weighted by molar-refractivity contribution is 5.99. The lowest BCUT2D eigenvalue weighted by atomic mass is 10.0. The van der Waals surface area contributed by atoms with Crippen molar-refractivity contribution in [1.29, 1.82) is 0 Å². The molecule has 1 aliphatic heterocycles. The minimum absolute atomic E-state index is 0.247. The molecule has 2 fully saturated rings. The van der Waals surface area contributed by atoms with Crippen LogP contribution in [0.15, 0.2) is 78.9 Å². The van der Waals surface area contributed by atoms with E-state index in [1.165, 1.54) is 25.7 Å². The fourth-order valence-corrected chi connectivity index (χ4v) is 5.38. The van der Waals surface area contributed by atoms with E-state index in [1.54, 1.807) is 12.1 Å². The molecule has 3 amide bonds. The molecule has 1 atom stereocenters. The quantitative estimate of drug-likeness (QED) is 0.351. The predicted molar refractivity (Wildman–Crippen MR) is 152 cm³/mol. The van der Waals surface area contributed by atoms with Gasteiger partial charge >= 0.3 is 6.03 Å². The van der Waals surface area contributed by atoms with Crippen LogP contribution in [0.2, 0.25) is 0 Å². The molecule has 1 unspecified atom stereocenters. The van der Waals surface area contributed by atoms with Gasteiger partial charge in [-0.25, -0.2) is 4.79 Å². The molecule has 1 saturated heterocycles. The molecular formula is C31H36N4O3. The number of hydrogen-bond donors (Lipinski definition) is 2. The minimum atomic E-state index is -0.307. The molecule has 2 aliphatic rings. The number of urea groups is 1. The lowest BCUT2D eigenvalue weighted by Crippen LogP contribution is -2.39. The lowest BCUT2D eigenvalue weighted by Gasteiger charge is -2.26. The average molecular weight is 513 g/mol. The Bertz CT molecular complexity index is 1210. The highest BCUT2D eigenvalue weighted by Gasteiger charge is 2.30. The van der Waals surface area contributed by atoms with E-state index in [1.807, 2.05) is 78.7 Å². The fourth-order valence-electron chi connectivity index (χ4n) is 5.38. The summed E-state index contributed by atoms with van der Waals surface area (Å²) in [4.78, 5) is 29.5. The molecule has 198 valence electrons. The SMILES string of the molecule is CN(C(=O)CC1CCCC1)C1CCN(c2ccc(NC(=O)Nc3ccc(Oc4ccccc4)cc3)cc2)C1. The molecule has 0 spiro atoms. The molecule has 0 radical (unpaired) electrons. The molecule has 3 aromatic carbocycles. The second kappa shape index (κ2) is 12.0. The molecule has 5 rings (SSSR count).